The van der Waals surface area contributed by atoms with Gasteiger partial charge in [-0.2, -0.15) is 5.10 Å². The topological polar surface area (TPSA) is 68.3 Å². The van der Waals surface area contributed by atoms with Gasteiger partial charge in [-0.25, -0.2) is 4.68 Å². The van der Waals surface area contributed by atoms with Gasteiger partial charge in [0, 0.05) is 26.0 Å². The molecule has 1 aromatic carbocycles. The van der Waals surface area contributed by atoms with Crippen molar-refractivity contribution in [3.63, 3.8) is 0 Å². The van der Waals surface area contributed by atoms with E-state index in [0.717, 1.165) is 11.3 Å². The van der Waals surface area contributed by atoms with E-state index in [4.69, 9.17) is 4.42 Å². The summed E-state index contributed by atoms with van der Waals surface area (Å²) in [5, 5.41) is 4.17. The van der Waals surface area contributed by atoms with Crippen LogP contribution >= 0.6 is 0 Å². The molecule has 0 atom stereocenters. The van der Waals surface area contributed by atoms with E-state index in [9.17, 15) is 9.59 Å². The molecule has 0 aliphatic rings. The van der Waals surface area contributed by atoms with Gasteiger partial charge >= 0.3 is 0 Å². The van der Waals surface area contributed by atoms with E-state index in [0.29, 0.717) is 6.54 Å². The SMILES string of the molecule is CN(Cc1cccc(-n2cccn2)c1)C(=O)C(=O)c1ccco1. The molecule has 2 heterocycles. The van der Waals surface area contributed by atoms with Gasteiger partial charge in [0.25, 0.3) is 11.7 Å². The molecule has 6 nitrogen and oxygen atoms in total. The fraction of sp³-hybridized carbons (Fsp3) is 0.118. The van der Waals surface area contributed by atoms with Crippen molar-refractivity contribution < 1.29 is 14.0 Å². The number of carbonyl (C=O) groups is 2. The Bertz CT molecular complexity index is 807. The maximum Gasteiger partial charge on any atom is 0.298 e. The lowest BCUT2D eigenvalue weighted by Crippen LogP contribution is -2.32. The van der Waals surface area contributed by atoms with Crippen LogP contribution in [0.5, 0.6) is 0 Å². The van der Waals surface area contributed by atoms with Gasteiger partial charge < -0.3 is 9.32 Å². The van der Waals surface area contributed by atoms with Crippen LogP contribution in [0.4, 0.5) is 0 Å². The number of ketones is 1. The largest absolute Gasteiger partial charge is 0.461 e. The molecule has 2 aromatic heterocycles. The van der Waals surface area contributed by atoms with Crippen LogP contribution in [0.1, 0.15) is 16.1 Å². The average Bonchev–Trinajstić information content (AvgIpc) is 3.26. The Labute approximate surface area is 132 Å². The molecule has 0 N–H and O–H groups in total. The normalized spacial score (nSPS) is 10.5. The van der Waals surface area contributed by atoms with Gasteiger partial charge in [-0.3, -0.25) is 9.59 Å². The molecule has 0 saturated carbocycles. The first kappa shape index (κ1) is 14.8. The summed E-state index contributed by atoms with van der Waals surface area (Å²) in [7, 11) is 1.59. The number of benzene rings is 1. The van der Waals surface area contributed by atoms with Crippen molar-refractivity contribution in [1.29, 1.82) is 0 Å². The van der Waals surface area contributed by atoms with Crippen molar-refractivity contribution in [2.45, 2.75) is 6.54 Å². The number of Topliss-reactive ketones (excluding diaryl/α,β-unsaturated/α-hetero) is 1. The van der Waals surface area contributed by atoms with Crippen LogP contribution in [0.2, 0.25) is 0 Å². The molecule has 1 amide bonds. The standard InChI is InChI=1S/C17H15N3O3/c1-19(17(22)16(21)15-7-3-10-23-15)12-13-5-2-6-14(11-13)20-9-4-8-18-20/h2-11H,12H2,1H3. The van der Waals surface area contributed by atoms with Gasteiger partial charge in [-0.1, -0.05) is 12.1 Å². The minimum atomic E-state index is -0.652. The zero-order valence-corrected chi connectivity index (χ0v) is 12.5. The molecule has 0 unspecified atom stereocenters. The van der Waals surface area contributed by atoms with Crippen molar-refractivity contribution >= 4 is 11.7 Å². The first-order valence-electron chi connectivity index (χ1n) is 7.07. The van der Waals surface area contributed by atoms with Crippen LogP contribution in [0, 0.1) is 0 Å². The summed E-state index contributed by atoms with van der Waals surface area (Å²) in [6.45, 7) is 0.320. The number of nitrogens with zero attached hydrogens (tertiary/aromatic N) is 3. The van der Waals surface area contributed by atoms with Crippen LogP contribution in [-0.4, -0.2) is 33.4 Å². The number of carbonyl (C=O) groups excluding carboxylic acids is 2. The van der Waals surface area contributed by atoms with E-state index in [-0.39, 0.29) is 5.76 Å². The molecule has 0 radical (unpaired) electrons. The molecule has 0 saturated heterocycles. The summed E-state index contributed by atoms with van der Waals surface area (Å²) >= 11 is 0. The molecule has 0 spiro atoms. The fourth-order valence-electron chi connectivity index (χ4n) is 2.25. The molecule has 3 aromatic rings. The summed E-state index contributed by atoms with van der Waals surface area (Å²) in [5.74, 6) is -1.21. The van der Waals surface area contributed by atoms with E-state index in [1.54, 1.807) is 24.0 Å². The number of hydrogen-bond acceptors (Lipinski definition) is 4. The number of furan rings is 1. The number of amides is 1. The predicted octanol–water partition coefficient (Wildman–Crippen LogP) is 2.31. The highest BCUT2D eigenvalue weighted by Crippen LogP contribution is 2.12. The van der Waals surface area contributed by atoms with E-state index in [2.05, 4.69) is 5.10 Å². The Kier molecular flexibility index (Phi) is 4.05. The minimum absolute atomic E-state index is 0.0483. The van der Waals surface area contributed by atoms with Crippen molar-refractivity contribution in [3.05, 3.63) is 72.4 Å². The van der Waals surface area contributed by atoms with Crippen LogP contribution in [-0.2, 0) is 11.3 Å². The molecule has 3 rings (SSSR count). The van der Waals surface area contributed by atoms with Gasteiger partial charge in [0.15, 0.2) is 5.76 Å². The molecule has 23 heavy (non-hydrogen) atoms. The predicted molar refractivity (Wildman–Crippen MR) is 83.1 cm³/mol. The Morgan fingerprint density at radius 2 is 2.09 bits per heavy atom. The summed E-state index contributed by atoms with van der Waals surface area (Å²) in [4.78, 5) is 25.5. The third-order valence-electron chi connectivity index (χ3n) is 3.39. The lowest BCUT2D eigenvalue weighted by atomic mass is 10.2. The van der Waals surface area contributed by atoms with Gasteiger partial charge in [-0.05, 0) is 35.9 Å². The monoisotopic (exact) mass is 309 g/mol. The smallest absolute Gasteiger partial charge is 0.298 e. The first-order chi connectivity index (χ1) is 11.1. The fourth-order valence-corrected chi connectivity index (χ4v) is 2.25. The number of likely N-dealkylation sites (N-methyl/N-ethyl adjacent to an activating group) is 1. The van der Waals surface area contributed by atoms with Gasteiger partial charge in [0.2, 0.25) is 0 Å². The Morgan fingerprint density at radius 1 is 1.22 bits per heavy atom. The maximum absolute atomic E-state index is 12.2. The molecule has 0 aliphatic heterocycles. The van der Waals surface area contributed by atoms with Crippen LogP contribution < -0.4 is 0 Å². The second-order valence-electron chi connectivity index (χ2n) is 5.09. The van der Waals surface area contributed by atoms with Gasteiger partial charge in [0.1, 0.15) is 0 Å². The molecule has 0 bridgehead atoms. The van der Waals surface area contributed by atoms with E-state index >= 15 is 0 Å². The second kappa shape index (κ2) is 6.31. The highest BCUT2D eigenvalue weighted by molar-refractivity contribution is 6.41. The third-order valence-corrected chi connectivity index (χ3v) is 3.39. The average molecular weight is 309 g/mol. The quantitative estimate of drug-likeness (QED) is 0.536. The van der Waals surface area contributed by atoms with Gasteiger partial charge in [0.05, 0.1) is 12.0 Å². The Balaban J connectivity index is 1.73. The van der Waals surface area contributed by atoms with Crippen molar-refractivity contribution in [3.8, 4) is 5.69 Å². The zero-order valence-electron chi connectivity index (χ0n) is 12.5. The molecule has 116 valence electrons. The summed E-state index contributed by atoms with van der Waals surface area (Å²) in [6, 6.07) is 12.5. The minimum Gasteiger partial charge on any atom is -0.461 e. The van der Waals surface area contributed by atoms with E-state index < -0.39 is 11.7 Å². The van der Waals surface area contributed by atoms with Crippen LogP contribution in [0.3, 0.4) is 0 Å². The summed E-state index contributed by atoms with van der Waals surface area (Å²) in [5.41, 5.74) is 1.80. The maximum atomic E-state index is 12.2. The second-order valence-corrected chi connectivity index (χ2v) is 5.09. The highest BCUT2D eigenvalue weighted by Gasteiger charge is 2.22. The molecule has 0 aliphatic carbocycles. The number of aromatic nitrogens is 2. The molecule has 6 heteroatoms. The van der Waals surface area contributed by atoms with Crippen LogP contribution in [0.15, 0.2) is 65.5 Å². The van der Waals surface area contributed by atoms with Gasteiger partial charge in [-0.15, -0.1) is 0 Å². The number of rotatable bonds is 5. The Morgan fingerprint density at radius 3 is 2.78 bits per heavy atom. The number of hydrogen-bond donors (Lipinski definition) is 0. The molecular formula is C17H15N3O3. The lowest BCUT2D eigenvalue weighted by Gasteiger charge is -2.16. The van der Waals surface area contributed by atoms with E-state index in [1.807, 2.05) is 36.5 Å². The van der Waals surface area contributed by atoms with Crippen molar-refractivity contribution in [1.82, 2.24) is 14.7 Å². The van der Waals surface area contributed by atoms with E-state index in [1.165, 1.54) is 17.2 Å². The zero-order chi connectivity index (χ0) is 16.2. The van der Waals surface area contributed by atoms with Crippen molar-refractivity contribution in [2.24, 2.45) is 0 Å². The first-order valence-corrected chi connectivity index (χ1v) is 7.07. The van der Waals surface area contributed by atoms with Crippen LogP contribution in [0.25, 0.3) is 5.69 Å². The molecular weight excluding hydrogens is 294 g/mol. The molecule has 0 fully saturated rings. The third kappa shape index (κ3) is 3.21. The van der Waals surface area contributed by atoms with Crippen molar-refractivity contribution in [2.75, 3.05) is 7.05 Å². The lowest BCUT2D eigenvalue weighted by molar-refractivity contribution is -0.125. The summed E-state index contributed by atoms with van der Waals surface area (Å²) in [6.07, 6.45) is 4.91. The summed E-state index contributed by atoms with van der Waals surface area (Å²) < 4.78 is 6.71. The Hall–Kier alpha value is -3.15. The highest BCUT2D eigenvalue weighted by atomic mass is 16.3.